The first-order valence-corrected chi connectivity index (χ1v) is 6.29. The molecule has 0 bridgehead atoms. The molecule has 0 heterocycles. The van der Waals surface area contributed by atoms with Crippen LogP contribution in [0.5, 0.6) is 5.75 Å². The lowest BCUT2D eigenvalue weighted by atomic mass is 10.1. The number of carbonyl (C=O) groups excluding carboxylic acids is 1. The van der Waals surface area contributed by atoms with E-state index < -0.39 is 6.10 Å². The van der Waals surface area contributed by atoms with Gasteiger partial charge in [-0.15, -0.1) is 0 Å². The van der Waals surface area contributed by atoms with Crippen molar-refractivity contribution < 1.29 is 14.6 Å². The zero-order valence-corrected chi connectivity index (χ0v) is 11.3. The molecular weight excluding hydrogens is 254 g/mol. The maximum atomic E-state index is 11.2. The minimum atomic E-state index is -0.664. The topological polar surface area (TPSA) is 58.6 Å². The Bertz CT molecular complexity index is 407. The molecule has 0 radical (unpaired) electrons. The van der Waals surface area contributed by atoms with Gasteiger partial charge in [-0.05, 0) is 32.0 Å². The van der Waals surface area contributed by atoms with Gasteiger partial charge in [0.05, 0.1) is 19.1 Å². The van der Waals surface area contributed by atoms with Crippen molar-refractivity contribution in [2.24, 2.45) is 0 Å². The highest BCUT2D eigenvalue weighted by molar-refractivity contribution is 6.30. The van der Waals surface area contributed by atoms with Crippen molar-refractivity contribution in [2.45, 2.75) is 26.4 Å². The van der Waals surface area contributed by atoms with Gasteiger partial charge in [-0.25, -0.2) is 0 Å². The van der Waals surface area contributed by atoms with Crippen LogP contribution in [0.25, 0.3) is 0 Å². The molecule has 0 saturated carbocycles. The molecule has 0 saturated heterocycles. The fourth-order valence-corrected chi connectivity index (χ4v) is 1.70. The standard InChI is InChI=1S/C13H18ClNO3/c1-3-15-13(17)6-7-18-12-5-4-10(14)8-11(12)9(2)16/h4-5,8-9,16H,3,6-7H2,1-2H3,(H,15,17)/t9-/m1/s1. The summed E-state index contributed by atoms with van der Waals surface area (Å²) in [4.78, 5) is 11.2. The second-order valence-electron chi connectivity index (χ2n) is 3.91. The Morgan fingerprint density at radius 2 is 2.28 bits per heavy atom. The van der Waals surface area contributed by atoms with E-state index >= 15 is 0 Å². The lowest BCUT2D eigenvalue weighted by Crippen LogP contribution is -2.24. The third kappa shape index (κ3) is 4.55. The summed E-state index contributed by atoms with van der Waals surface area (Å²) in [5.74, 6) is 0.503. The van der Waals surface area contributed by atoms with Crippen LogP contribution in [-0.4, -0.2) is 24.2 Å². The molecule has 100 valence electrons. The van der Waals surface area contributed by atoms with Crippen LogP contribution in [0, 0.1) is 0 Å². The van der Waals surface area contributed by atoms with Crippen LogP contribution >= 0.6 is 11.6 Å². The largest absolute Gasteiger partial charge is 0.493 e. The number of amides is 1. The summed E-state index contributed by atoms with van der Waals surface area (Å²) in [6.45, 7) is 4.39. The van der Waals surface area contributed by atoms with Crippen molar-refractivity contribution in [1.29, 1.82) is 0 Å². The van der Waals surface area contributed by atoms with E-state index in [0.717, 1.165) is 0 Å². The van der Waals surface area contributed by atoms with Crippen LogP contribution in [0.3, 0.4) is 0 Å². The molecule has 2 N–H and O–H groups in total. The number of rotatable bonds is 6. The number of benzene rings is 1. The second-order valence-corrected chi connectivity index (χ2v) is 4.35. The summed E-state index contributed by atoms with van der Waals surface area (Å²) >= 11 is 5.86. The Hall–Kier alpha value is -1.26. The van der Waals surface area contributed by atoms with Crippen molar-refractivity contribution in [2.75, 3.05) is 13.2 Å². The highest BCUT2D eigenvalue weighted by atomic mass is 35.5. The smallest absolute Gasteiger partial charge is 0.223 e. The van der Waals surface area contributed by atoms with Gasteiger partial charge in [0.2, 0.25) is 5.91 Å². The summed E-state index contributed by atoms with van der Waals surface area (Å²) in [5.41, 5.74) is 0.624. The van der Waals surface area contributed by atoms with E-state index in [1.807, 2.05) is 6.92 Å². The molecule has 5 heteroatoms. The van der Waals surface area contributed by atoms with Crippen molar-refractivity contribution >= 4 is 17.5 Å². The third-order valence-corrected chi connectivity index (χ3v) is 2.62. The normalized spacial score (nSPS) is 12.0. The number of carbonyl (C=O) groups is 1. The van der Waals surface area contributed by atoms with E-state index in [0.29, 0.717) is 22.9 Å². The first-order valence-electron chi connectivity index (χ1n) is 5.91. The highest BCUT2D eigenvalue weighted by Gasteiger charge is 2.10. The molecule has 0 fully saturated rings. The van der Waals surface area contributed by atoms with Gasteiger partial charge in [-0.3, -0.25) is 4.79 Å². The van der Waals surface area contributed by atoms with Crippen LogP contribution in [0.1, 0.15) is 31.9 Å². The number of halogens is 1. The molecule has 0 aliphatic rings. The molecule has 0 spiro atoms. The van der Waals surface area contributed by atoms with E-state index in [9.17, 15) is 9.90 Å². The van der Waals surface area contributed by atoms with Gasteiger partial charge in [0.1, 0.15) is 5.75 Å². The Kier molecular flexibility index (Phi) is 5.95. The number of hydrogen-bond acceptors (Lipinski definition) is 3. The fourth-order valence-electron chi connectivity index (χ4n) is 1.52. The van der Waals surface area contributed by atoms with E-state index in [1.54, 1.807) is 25.1 Å². The van der Waals surface area contributed by atoms with Crippen LogP contribution in [0.15, 0.2) is 18.2 Å². The van der Waals surface area contributed by atoms with Gasteiger partial charge in [-0.1, -0.05) is 11.6 Å². The minimum absolute atomic E-state index is 0.0509. The zero-order chi connectivity index (χ0) is 13.5. The first-order chi connectivity index (χ1) is 8.54. The maximum absolute atomic E-state index is 11.2. The summed E-state index contributed by atoms with van der Waals surface area (Å²) in [6.07, 6.45) is -0.376. The summed E-state index contributed by atoms with van der Waals surface area (Å²) in [5, 5.41) is 12.8. The van der Waals surface area contributed by atoms with Crippen molar-refractivity contribution in [1.82, 2.24) is 5.32 Å². The van der Waals surface area contributed by atoms with Crippen molar-refractivity contribution in [3.05, 3.63) is 28.8 Å². The van der Waals surface area contributed by atoms with Gasteiger partial charge in [0, 0.05) is 17.1 Å². The number of hydrogen-bond donors (Lipinski definition) is 2. The predicted octanol–water partition coefficient (Wildman–Crippen LogP) is 2.30. The van der Waals surface area contributed by atoms with Crippen LogP contribution in [0.2, 0.25) is 5.02 Å². The third-order valence-electron chi connectivity index (χ3n) is 2.38. The van der Waals surface area contributed by atoms with Gasteiger partial charge in [0.15, 0.2) is 0 Å². The molecular formula is C13H18ClNO3. The lowest BCUT2D eigenvalue weighted by Gasteiger charge is -2.13. The minimum Gasteiger partial charge on any atom is -0.493 e. The Morgan fingerprint density at radius 1 is 1.56 bits per heavy atom. The first kappa shape index (κ1) is 14.8. The molecule has 0 aliphatic carbocycles. The molecule has 0 unspecified atom stereocenters. The number of aliphatic hydroxyl groups is 1. The fraction of sp³-hybridized carbons (Fsp3) is 0.462. The summed E-state index contributed by atoms with van der Waals surface area (Å²) in [6, 6.07) is 5.05. The zero-order valence-electron chi connectivity index (χ0n) is 10.6. The average Bonchev–Trinajstić information content (AvgIpc) is 2.31. The molecule has 0 aliphatic heterocycles. The monoisotopic (exact) mass is 271 g/mol. The molecule has 1 rings (SSSR count). The number of aliphatic hydroxyl groups excluding tert-OH is 1. The predicted molar refractivity (Wildman–Crippen MR) is 70.9 cm³/mol. The maximum Gasteiger partial charge on any atom is 0.223 e. The second kappa shape index (κ2) is 7.24. The molecule has 1 amide bonds. The quantitative estimate of drug-likeness (QED) is 0.835. The Morgan fingerprint density at radius 3 is 2.89 bits per heavy atom. The molecule has 18 heavy (non-hydrogen) atoms. The van der Waals surface area contributed by atoms with Gasteiger partial charge >= 0.3 is 0 Å². The van der Waals surface area contributed by atoms with Crippen LogP contribution < -0.4 is 10.1 Å². The number of ether oxygens (including phenoxy) is 1. The molecule has 0 aromatic heterocycles. The molecule has 4 nitrogen and oxygen atoms in total. The Balaban J connectivity index is 2.59. The van der Waals surface area contributed by atoms with E-state index in [4.69, 9.17) is 16.3 Å². The molecule has 1 aromatic carbocycles. The lowest BCUT2D eigenvalue weighted by molar-refractivity contribution is -0.121. The molecule has 1 atom stereocenters. The molecule has 1 aromatic rings. The van der Waals surface area contributed by atoms with Gasteiger partial charge < -0.3 is 15.2 Å². The average molecular weight is 272 g/mol. The van der Waals surface area contributed by atoms with Crippen molar-refractivity contribution in [3.8, 4) is 5.75 Å². The van der Waals surface area contributed by atoms with Crippen molar-refractivity contribution in [3.63, 3.8) is 0 Å². The van der Waals surface area contributed by atoms with Crippen LogP contribution in [-0.2, 0) is 4.79 Å². The number of nitrogens with one attached hydrogen (secondary N) is 1. The summed E-state index contributed by atoms with van der Waals surface area (Å²) < 4.78 is 5.49. The SMILES string of the molecule is CCNC(=O)CCOc1ccc(Cl)cc1[C@@H](C)O. The van der Waals surface area contributed by atoms with Gasteiger partial charge in [0.25, 0.3) is 0 Å². The highest BCUT2D eigenvalue weighted by Crippen LogP contribution is 2.28. The Labute approximate surface area is 112 Å². The van der Waals surface area contributed by atoms with Crippen LogP contribution in [0.4, 0.5) is 0 Å². The van der Waals surface area contributed by atoms with Gasteiger partial charge in [-0.2, -0.15) is 0 Å². The summed E-state index contributed by atoms with van der Waals surface area (Å²) in [7, 11) is 0. The van der Waals surface area contributed by atoms with E-state index in [2.05, 4.69) is 5.32 Å². The van der Waals surface area contributed by atoms with E-state index in [-0.39, 0.29) is 18.9 Å². The van der Waals surface area contributed by atoms with E-state index in [1.165, 1.54) is 0 Å².